The lowest BCUT2D eigenvalue weighted by Gasteiger charge is -2.37. The first-order valence-corrected chi connectivity index (χ1v) is 10.8. The van der Waals surface area contributed by atoms with E-state index in [-0.39, 0.29) is 18.8 Å². The standard InChI is InChI=1S/C24H25FO4S/c1-14-2-3-16(24-21(28)12-20(27)22(13-26)29-24)10-17(14)11-19-8-9-23(30-19)15-4-6-18(25)7-5-15/h2-10,20-22,24,26-28H,11-13H2,1H3/t20-,21?,22?,24-/m0/s1. The van der Waals surface area contributed by atoms with Crippen LogP contribution in [-0.4, -0.2) is 40.2 Å². The van der Waals surface area contributed by atoms with Gasteiger partial charge in [0.05, 0.1) is 18.8 Å². The molecule has 1 aliphatic heterocycles. The topological polar surface area (TPSA) is 69.9 Å². The Morgan fingerprint density at radius 2 is 1.80 bits per heavy atom. The lowest BCUT2D eigenvalue weighted by atomic mass is 9.91. The van der Waals surface area contributed by atoms with Gasteiger partial charge in [-0.3, -0.25) is 0 Å². The van der Waals surface area contributed by atoms with Crippen molar-refractivity contribution in [2.24, 2.45) is 0 Å². The van der Waals surface area contributed by atoms with Gasteiger partial charge in [-0.25, -0.2) is 4.39 Å². The highest BCUT2D eigenvalue weighted by molar-refractivity contribution is 7.15. The number of hydrogen-bond acceptors (Lipinski definition) is 5. The Labute approximate surface area is 179 Å². The van der Waals surface area contributed by atoms with E-state index in [0.29, 0.717) is 0 Å². The normalized spacial score (nSPS) is 24.2. The van der Waals surface area contributed by atoms with Crippen LogP contribution >= 0.6 is 11.3 Å². The van der Waals surface area contributed by atoms with E-state index in [1.54, 1.807) is 23.5 Å². The van der Waals surface area contributed by atoms with E-state index in [2.05, 4.69) is 6.07 Å². The number of aliphatic hydroxyl groups excluding tert-OH is 3. The van der Waals surface area contributed by atoms with Crippen molar-refractivity contribution in [2.75, 3.05) is 6.61 Å². The van der Waals surface area contributed by atoms with Crippen molar-refractivity contribution in [1.29, 1.82) is 0 Å². The van der Waals surface area contributed by atoms with Crippen molar-refractivity contribution in [1.82, 2.24) is 0 Å². The molecule has 1 saturated heterocycles. The summed E-state index contributed by atoms with van der Waals surface area (Å²) in [5.41, 5.74) is 4.09. The van der Waals surface area contributed by atoms with Crippen LogP contribution in [0, 0.1) is 12.7 Å². The first-order chi connectivity index (χ1) is 14.4. The number of thiophene rings is 1. The van der Waals surface area contributed by atoms with Gasteiger partial charge in [0.2, 0.25) is 0 Å². The highest BCUT2D eigenvalue weighted by Gasteiger charge is 2.36. The number of aliphatic hydroxyl groups is 3. The molecule has 158 valence electrons. The molecule has 2 unspecified atom stereocenters. The van der Waals surface area contributed by atoms with Crippen molar-refractivity contribution < 1.29 is 24.4 Å². The smallest absolute Gasteiger partial charge is 0.123 e. The molecular formula is C24H25FO4S. The van der Waals surface area contributed by atoms with Crippen molar-refractivity contribution in [2.45, 2.75) is 44.2 Å². The minimum Gasteiger partial charge on any atom is -0.394 e. The van der Waals surface area contributed by atoms with E-state index >= 15 is 0 Å². The summed E-state index contributed by atoms with van der Waals surface area (Å²) in [6.07, 6.45) is -2.07. The van der Waals surface area contributed by atoms with Crippen LogP contribution < -0.4 is 0 Å². The molecule has 0 bridgehead atoms. The first-order valence-electron chi connectivity index (χ1n) is 10.0. The van der Waals surface area contributed by atoms with Crippen LogP contribution in [0.5, 0.6) is 0 Å². The van der Waals surface area contributed by atoms with E-state index < -0.39 is 24.4 Å². The minimum absolute atomic E-state index is 0.172. The molecule has 0 saturated carbocycles. The van der Waals surface area contributed by atoms with Gasteiger partial charge < -0.3 is 20.1 Å². The summed E-state index contributed by atoms with van der Waals surface area (Å²) in [6.45, 7) is 1.76. The second-order valence-corrected chi connectivity index (χ2v) is 8.95. The van der Waals surface area contributed by atoms with E-state index in [1.807, 2.05) is 31.2 Å². The molecule has 3 aromatic rings. The average molecular weight is 429 g/mol. The SMILES string of the molecule is Cc1ccc([C@@H]2OC(CO)[C@@H](O)CC2O)cc1Cc1ccc(-c2ccc(F)cc2)s1. The molecule has 0 aliphatic carbocycles. The van der Waals surface area contributed by atoms with Crippen LogP contribution in [0.3, 0.4) is 0 Å². The molecular weight excluding hydrogens is 403 g/mol. The van der Waals surface area contributed by atoms with Crippen LogP contribution in [0.2, 0.25) is 0 Å². The van der Waals surface area contributed by atoms with Gasteiger partial charge >= 0.3 is 0 Å². The van der Waals surface area contributed by atoms with Crippen LogP contribution in [0.4, 0.5) is 4.39 Å². The Morgan fingerprint density at radius 1 is 1.03 bits per heavy atom. The zero-order valence-electron chi connectivity index (χ0n) is 16.7. The van der Waals surface area contributed by atoms with Crippen LogP contribution in [0.15, 0.2) is 54.6 Å². The number of benzene rings is 2. The summed E-state index contributed by atoms with van der Waals surface area (Å²) >= 11 is 1.67. The van der Waals surface area contributed by atoms with Gasteiger partial charge in [0, 0.05) is 22.6 Å². The molecule has 1 aliphatic rings. The van der Waals surface area contributed by atoms with Crippen molar-refractivity contribution in [3.05, 3.63) is 82.0 Å². The number of halogens is 1. The van der Waals surface area contributed by atoms with Gasteiger partial charge in [0.15, 0.2) is 0 Å². The van der Waals surface area contributed by atoms with Crippen LogP contribution in [0.25, 0.3) is 10.4 Å². The zero-order chi connectivity index (χ0) is 21.3. The molecule has 30 heavy (non-hydrogen) atoms. The molecule has 0 spiro atoms. The van der Waals surface area contributed by atoms with E-state index in [9.17, 15) is 19.7 Å². The Balaban J connectivity index is 1.55. The average Bonchev–Trinajstić information content (AvgIpc) is 3.19. The first kappa shape index (κ1) is 21.2. The van der Waals surface area contributed by atoms with Gasteiger partial charge in [-0.1, -0.05) is 30.3 Å². The summed E-state index contributed by atoms with van der Waals surface area (Å²) in [7, 11) is 0. The van der Waals surface area contributed by atoms with Gasteiger partial charge in [-0.2, -0.15) is 0 Å². The Morgan fingerprint density at radius 3 is 2.53 bits per heavy atom. The third-order valence-corrected chi connectivity index (χ3v) is 6.75. The lowest BCUT2D eigenvalue weighted by molar-refractivity contribution is -0.181. The molecule has 0 radical (unpaired) electrons. The fourth-order valence-corrected chi connectivity index (χ4v) is 4.88. The lowest BCUT2D eigenvalue weighted by Crippen LogP contribution is -2.44. The molecule has 2 heterocycles. The monoisotopic (exact) mass is 428 g/mol. The predicted octanol–water partition coefficient (Wildman–Crippen LogP) is 4.00. The maximum absolute atomic E-state index is 13.2. The van der Waals surface area contributed by atoms with Crippen molar-refractivity contribution in [3.8, 4) is 10.4 Å². The van der Waals surface area contributed by atoms with Gasteiger partial charge in [-0.15, -0.1) is 11.3 Å². The molecule has 4 nitrogen and oxygen atoms in total. The summed E-state index contributed by atoms with van der Waals surface area (Å²) in [5.74, 6) is -0.244. The second-order valence-electron chi connectivity index (χ2n) is 7.78. The number of aryl methyl sites for hydroxylation is 1. The van der Waals surface area contributed by atoms with Gasteiger partial charge in [0.1, 0.15) is 18.0 Å². The minimum atomic E-state index is -0.873. The molecule has 1 aromatic heterocycles. The predicted molar refractivity (Wildman–Crippen MR) is 115 cm³/mol. The Kier molecular flexibility index (Phi) is 6.32. The van der Waals surface area contributed by atoms with Crippen LogP contribution in [0.1, 0.15) is 34.1 Å². The maximum Gasteiger partial charge on any atom is 0.123 e. The molecule has 4 atom stereocenters. The highest BCUT2D eigenvalue weighted by atomic mass is 32.1. The van der Waals surface area contributed by atoms with Gasteiger partial charge in [-0.05, 0) is 53.4 Å². The number of hydrogen-bond donors (Lipinski definition) is 3. The molecule has 0 amide bonds. The van der Waals surface area contributed by atoms with Gasteiger partial charge in [0.25, 0.3) is 0 Å². The van der Waals surface area contributed by atoms with E-state index in [4.69, 9.17) is 4.74 Å². The second kappa shape index (κ2) is 8.96. The van der Waals surface area contributed by atoms with Crippen LogP contribution in [-0.2, 0) is 11.2 Å². The maximum atomic E-state index is 13.2. The third kappa shape index (κ3) is 4.48. The molecule has 4 rings (SSSR count). The third-order valence-electron chi connectivity index (χ3n) is 5.62. The summed E-state index contributed by atoms with van der Waals surface area (Å²) in [4.78, 5) is 2.27. The summed E-state index contributed by atoms with van der Waals surface area (Å²) < 4.78 is 19.0. The molecule has 6 heteroatoms. The fraction of sp³-hybridized carbons (Fsp3) is 0.333. The summed E-state index contributed by atoms with van der Waals surface area (Å²) in [5, 5.41) is 29.8. The zero-order valence-corrected chi connectivity index (χ0v) is 17.5. The molecule has 3 N–H and O–H groups in total. The van der Waals surface area contributed by atoms with E-state index in [1.165, 1.54) is 17.0 Å². The molecule has 1 fully saturated rings. The van der Waals surface area contributed by atoms with Crippen molar-refractivity contribution >= 4 is 11.3 Å². The Hall–Kier alpha value is -2.09. The van der Waals surface area contributed by atoms with E-state index in [0.717, 1.165) is 33.6 Å². The van der Waals surface area contributed by atoms with Crippen molar-refractivity contribution in [3.63, 3.8) is 0 Å². The molecule has 2 aromatic carbocycles. The highest BCUT2D eigenvalue weighted by Crippen LogP contribution is 2.34. The fourth-order valence-electron chi connectivity index (χ4n) is 3.85. The number of rotatable bonds is 5. The largest absolute Gasteiger partial charge is 0.394 e. The Bertz CT molecular complexity index is 1000. The quantitative estimate of drug-likeness (QED) is 0.575. The summed E-state index contributed by atoms with van der Waals surface area (Å²) in [6, 6.07) is 16.6. The number of ether oxygens (including phenoxy) is 1.